The lowest BCUT2D eigenvalue weighted by Gasteiger charge is -2.07. The van der Waals surface area contributed by atoms with Gasteiger partial charge in [0.1, 0.15) is 0 Å². The highest BCUT2D eigenvalue weighted by molar-refractivity contribution is 5.83. The summed E-state index contributed by atoms with van der Waals surface area (Å²) in [6.45, 7) is 0. The van der Waals surface area contributed by atoms with E-state index in [1.807, 2.05) is 24.3 Å². The molecule has 0 aliphatic heterocycles. The van der Waals surface area contributed by atoms with Crippen LogP contribution in [-0.2, 0) is 16.0 Å². The number of aliphatic carboxylic acids is 2. The van der Waals surface area contributed by atoms with Crippen molar-refractivity contribution in [2.45, 2.75) is 30.8 Å². The summed E-state index contributed by atoms with van der Waals surface area (Å²) in [6.07, 6.45) is -4.21. The maximum atomic E-state index is 9.77. The van der Waals surface area contributed by atoms with Crippen LogP contribution in [0.4, 0.5) is 0 Å². The van der Waals surface area contributed by atoms with E-state index in [0.717, 1.165) is 12.7 Å². The zero-order valence-electron chi connectivity index (χ0n) is 12.4. The van der Waals surface area contributed by atoms with Crippen LogP contribution in [-0.4, -0.2) is 68.0 Å². The summed E-state index contributed by atoms with van der Waals surface area (Å²) in [6, 6.07) is 7.76. The molecular formula is C14H21NO8. The Morgan fingerprint density at radius 1 is 1.09 bits per heavy atom. The van der Waals surface area contributed by atoms with Crippen molar-refractivity contribution in [1.82, 2.24) is 0 Å². The summed E-state index contributed by atoms with van der Waals surface area (Å²) in [7, 11) is 1.00. The normalized spacial score (nSPS) is 20.8. The Morgan fingerprint density at radius 2 is 1.52 bits per heavy atom. The van der Waals surface area contributed by atoms with Gasteiger partial charge in [-0.3, -0.25) is 0 Å². The molecule has 0 radical (unpaired) electrons. The summed E-state index contributed by atoms with van der Waals surface area (Å²) in [5, 5.41) is 48.9. The highest BCUT2D eigenvalue weighted by atomic mass is 16.4. The molecule has 0 heterocycles. The molecule has 9 heteroatoms. The molecule has 1 aromatic rings. The maximum absolute atomic E-state index is 9.77. The van der Waals surface area contributed by atoms with E-state index in [9.17, 15) is 14.7 Å². The first-order valence-electron chi connectivity index (χ1n) is 6.53. The highest BCUT2D eigenvalue weighted by Gasteiger charge is 2.29. The predicted octanol–water partition coefficient (Wildman–Crippen LogP) is -1.91. The molecule has 1 aliphatic carbocycles. The van der Waals surface area contributed by atoms with E-state index in [0.29, 0.717) is 6.42 Å². The average molecular weight is 331 g/mol. The number of aliphatic hydroxyl groups excluding tert-OH is 4. The SMILES string of the molecule is CO.N[C@H]1c2ccccc2C[C@H]1O.O=C(O)[C@H](O)[C@@H](O)C(=O)O. The van der Waals surface area contributed by atoms with Gasteiger partial charge in [0.15, 0.2) is 12.2 Å². The minimum Gasteiger partial charge on any atom is -0.479 e. The number of aliphatic hydroxyl groups is 4. The van der Waals surface area contributed by atoms with E-state index < -0.39 is 24.1 Å². The molecule has 0 amide bonds. The number of carboxylic acids is 2. The molecule has 0 saturated heterocycles. The van der Waals surface area contributed by atoms with Gasteiger partial charge in [-0.05, 0) is 11.1 Å². The molecular weight excluding hydrogens is 310 g/mol. The smallest absolute Gasteiger partial charge is 0.335 e. The van der Waals surface area contributed by atoms with Gasteiger partial charge >= 0.3 is 11.9 Å². The van der Waals surface area contributed by atoms with Gasteiger partial charge in [0, 0.05) is 13.5 Å². The molecule has 0 bridgehead atoms. The summed E-state index contributed by atoms with van der Waals surface area (Å²) >= 11 is 0. The second kappa shape index (κ2) is 9.87. The Labute approximate surface area is 132 Å². The molecule has 130 valence electrons. The minimum atomic E-state index is -2.27. The van der Waals surface area contributed by atoms with Crippen molar-refractivity contribution in [2.24, 2.45) is 5.73 Å². The second-order valence-electron chi connectivity index (χ2n) is 4.56. The van der Waals surface area contributed by atoms with Crippen molar-refractivity contribution in [2.75, 3.05) is 7.11 Å². The molecule has 4 atom stereocenters. The molecule has 9 nitrogen and oxygen atoms in total. The Kier molecular flexibility index (Phi) is 9.00. The van der Waals surface area contributed by atoms with Crippen LogP contribution >= 0.6 is 0 Å². The summed E-state index contributed by atoms with van der Waals surface area (Å²) in [5.74, 6) is -3.54. The van der Waals surface area contributed by atoms with Gasteiger partial charge < -0.3 is 36.4 Å². The number of carboxylic acid groups (broad SMARTS) is 2. The number of fused-ring (bicyclic) bond motifs is 1. The molecule has 1 aromatic carbocycles. The monoisotopic (exact) mass is 331 g/mol. The molecule has 1 aliphatic rings. The number of hydrogen-bond donors (Lipinski definition) is 7. The van der Waals surface area contributed by atoms with Gasteiger partial charge in [-0.1, -0.05) is 24.3 Å². The second-order valence-corrected chi connectivity index (χ2v) is 4.56. The first-order valence-corrected chi connectivity index (χ1v) is 6.53. The van der Waals surface area contributed by atoms with Gasteiger partial charge in [-0.2, -0.15) is 0 Å². The Balaban J connectivity index is 0.000000383. The third-order valence-corrected chi connectivity index (χ3v) is 3.06. The minimum absolute atomic E-state index is 0.175. The van der Waals surface area contributed by atoms with E-state index in [-0.39, 0.29) is 12.1 Å². The van der Waals surface area contributed by atoms with Crippen LogP contribution in [0, 0.1) is 0 Å². The van der Waals surface area contributed by atoms with Crippen LogP contribution in [0.15, 0.2) is 24.3 Å². The fourth-order valence-corrected chi connectivity index (χ4v) is 1.87. The van der Waals surface area contributed by atoms with E-state index in [1.165, 1.54) is 5.56 Å². The molecule has 23 heavy (non-hydrogen) atoms. The lowest BCUT2D eigenvalue weighted by atomic mass is 10.1. The molecule has 0 saturated carbocycles. The quantitative estimate of drug-likeness (QED) is 0.332. The molecule has 2 rings (SSSR count). The van der Waals surface area contributed by atoms with Crippen LogP contribution in [0.25, 0.3) is 0 Å². The lowest BCUT2D eigenvalue weighted by molar-refractivity contribution is -0.165. The number of benzene rings is 1. The average Bonchev–Trinajstić information content (AvgIpc) is 2.83. The van der Waals surface area contributed by atoms with Crippen LogP contribution in [0.2, 0.25) is 0 Å². The highest BCUT2D eigenvalue weighted by Crippen LogP contribution is 2.28. The number of rotatable bonds is 3. The van der Waals surface area contributed by atoms with Crippen LogP contribution in [0.5, 0.6) is 0 Å². The van der Waals surface area contributed by atoms with Crippen LogP contribution < -0.4 is 5.73 Å². The van der Waals surface area contributed by atoms with Crippen LogP contribution in [0.3, 0.4) is 0 Å². The van der Waals surface area contributed by atoms with E-state index >= 15 is 0 Å². The molecule has 0 spiro atoms. The topological polar surface area (TPSA) is 182 Å². The molecule has 0 unspecified atom stereocenters. The fraction of sp³-hybridized carbons (Fsp3) is 0.429. The summed E-state index contributed by atoms with van der Waals surface area (Å²) < 4.78 is 0. The van der Waals surface area contributed by atoms with Gasteiger partial charge in [0.2, 0.25) is 0 Å². The molecule has 8 N–H and O–H groups in total. The largest absolute Gasteiger partial charge is 0.479 e. The Bertz CT molecular complexity index is 503. The zero-order chi connectivity index (χ0) is 18.2. The van der Waals surface area contributed by atoms with Gasteiger partial charge in [-0.15, -0.1) is 0 Å². The van der Waals surface area contributed by atoms with Crippen molar-refractivity contribution in [1.29, 1.82) is 0 Å². The maximum Gasteiger partial charge on any atom is 0.335 e. The van der Waals surface area contributed by atoms with Gasteiger partial charge in [0.25, 0.3) is 0 Å². The molecule has 0 aromatic heterocycles. The van der Waals surface area contributed by atoms with Gasteiger partial charge in [-0.25, -0.2) is 9.59 Å². The van der Waals surface area contributed by atoms with Crippen molar-refractivity contribution >= 4 is 11.9 Å². The lowest BCUT2D eigenvalue weighted by Crippen LogP contribution is -2.39. The summed E-state index contributed by atoms with van der Waals surface area (Å²) in [5.41, 5.74) is 8.02. The fourth-order valence-electron chi connectivity index (χ4n) is 1.87. The zero-order valence-corrected chi connectivity index (χ0v) is 12.4. The number of carbonyl (C=O) groups is 2. The van der Waals surface area contributed by atoms with Crippen molar-refractivity contribution in [3.63, 3.8) is 0 Å². The van der Waals surface area contributed by atoms with E-state index in [2.05, 4.69) is 0 Å². The van der Waals surface area contributed by atoms with Gasteiger partial charge in [0.05, 0.1) is 12.1 Å². The van der Waals surface area contributed by atoms with Crippen molar-refractivity contribution in [3.05, 3.63) is 35.4 Å². The predicted molar refractivity (Wildman–Crippen MR) is 78.5 cm³/mol. The van der Waals surface area contributed by atoms with E-state index in [4.69, 9.17) is 31.3 Å². The van der Waals surface area contributed by atoms with Crippen LogP contribution in [0.1, 0.15) is 17.2 Å². The third-order valence-electron chi connectivity index (χ3n) is 3.06. The number of nitrogens with two attached hydrogens (primary N) is 1. The third kappa shape index (κ3) is 5.93. The van der Waals surface area contributed by atoms with Crippen molar-refractivity contribution in [3.8, 4) is 0 Å². The standard InChI is InChI=1S/C9H11NO.C4H6O6.CH4O/c10-9-7-4-2-1-3-6(7)5-8(9)11;5-1(3(7)8)2(6)4(9)10;1-2/h1-4,8-9,11H,5,10H2;1-2,5-6H,(H,7,8)(H,9,10);2H,1H3/t8-,9+;1-,2-;/m11./s1. The first kappa shape index (κ1) is 21.0. The van der Waals surface area contributed by atoms with E-state index in [1.54, 1.807) is 0 Å². The number of hydrogen-bond acceptors (Lipinski definition) is 7. The first-order chi connectivity index (χ1) is 10.8. The Morgan fingerprint density at radius 3 is 1.91 bits per heavy atom. The Hall–Kier alpha value is -2.04. The molecule has 0 fully saturated rings. The summed E-state index contributed by atoms with van der Waals surface area (Å²) in [4.78, 5) is 19.5. The van der Waals surface area contributed by atoms with Crippen molar-refractivity contribution < 1.29 is 40.2 Å².